The Bertz CT molecular complexity index is 345. The van der Waals surface area contributed by atoms with Crippen molar-refractivity contribution < 1.29 is 0 Å². The van der Waals surface area contributed by atoms with Gasteiger partial charge in [-0.3, -0.25) is 9.88 Å². The van der Waals surface area contributed by atoms with Crippen LogP contribution in [-0.4, -0.2) is 41.0 Å². The third kappa shape index (κ3) is 4.79. The standard InChI is InChI=1S/C15H27N3S/c1-5-14(16)15(13-7-6-9-17-11-13)18(3)12(2)8-10-19-4/h6-7,9,11-12,14-15H,5,8,10,16H2,1-4H3. The smallest absolute Gasteiger partial charge is 0.0514 e. The van der Waals surface area contributed by atoms with Crippen LogP contribution >= 0.6 is 11.8 Å². The molecule has 0 spiro atoms. The van der Waals surface area contributed by atoms with Crippen molar-refractivity contribution in [3.05, 3.63) is 30.1 Å². The van der Waals surface area contributed by atoms with Gasteiger partial charge in [-0.2, -0.15) is 11.8 Å². The molecule has 1 heterocycles. The number of thioether (sulfide) groups is 1. The summed E-state index contributed by atoms with van der Waals surface area (Å²) in [5.74, 6) is 1.19. The highest BCUT2D eigenvalue weighted by atomic mass is 32.2. The van der Waals surface area contributed by atoms with E-state index in [2.05, 4.69) is 43.1 Å². The average Bonchev–Trinajstić information content (AvgIpc) is 2.45. The van der Waals surface area contributed by atoms with Crippen LogP contribution in [0.1, 0.15) is 38.3 Å². The van der Waals surface area contributed by atoms with Gasteiger partial charge in [-0.25, -0.2) is 0 Å². The predicted octanol–water partition coefficient (Wildman–Crippen LogP) is 2.93. The second kappa shape index (κ2) is 8.56. The van der Waals surface area contributed by atoms with Crippen molar-refractivity contribution in [1.29, 1.82) is 0 Å². The quantitative estimate of drug-likeness (QED) is 0.795. The number of rotatable bonds is 8. The molecule has 4 heteroatoms. The Labute approximate surface area is 122 Å². The van der Waals surface area contributed by atoms with E-state index < -0.39 is 0 Å². The average molecular weight is 281 g/mol. The largest absolute Gasteiger partial charge is 0.326 e. The van der Waals surface area contributed by atoms with E-state index in [0.717, 1.165) is 6.42 Å². The number of pyridine rings is 1. The second-order valence-corrected chi connectivity index (χ2v) is 6.08. The van der Waals surface area contributed by atoms with Gasteiger partial charge in [-0.1, -0.05) is 13.0 Å². The van der Waals surface area contributed by atoms with E-state index in [1.807, 2.05) is 30.2 Å². The molecule has 0 bridgehead atoms. The Morgan fingerprint density at radius 3 is 2.74 bits per heavy atom. The predicted molar refractivity (Wildman–Crippen MR) is 85.5 cm³/mol. The summed E-state index contributed by atoms with van der Waals surface area (Å²) in [5.41, 5.74) is 7.56. The molecular formula is C15H27N3S. The van der Waals surface area contributed by atoms with Gasteiger partial charge in [0.1, 0.15) is 0 Å². The van der Waals surface area contributed by atoms with Gasteiger partial charge < -0.3 is 5.73 Å². The summed E-state index contributed by atoms with van der Waals surface area (Å²) < 4.78 is 0. The number of hydrogen-bond acceptors (Lipinski definition) is 4. The van der Waals surface area contributed by atoms with Crippen molar-refractivity contribution in [2.75, 3.05) is 19.1 Å². The molecule has 3 atom stereocenters. The lowest BCUT2D eigenvalue weighted by atomic mass is 9.96. The molecule has 0 saturated heterocycles. The number of aromatic nitrogens is 1. The van der Waals surface area contributed by atoms with Gasteiger partial charge in [0.25, 0.3) is 0 Å². The van der Waals surface area contributed by atoms with Gasteiger partial charge in [0.05, 0.1) is 6.04 Å². The molecule has 3 unspecified atom stereocenters. The van der Waals surface area contributed by atoms with E-state index in [-0.39, 0.29) is 12.1 Å². The molecule has 0 aliphatic heterocycles. The first-order valence-electron chi connectivity index (χ1n) is 6.98. The van der Waals surface area contributed by atoms with Gasteiger partial charge in [0, 0.05) is 24.5 Å². The summed E-state index contributed by atoms with van der Waals surface area (Å²) in [4.78, 5) is 6.64. The van der Waals surface area contributed by atoms with E-state index in [0.29, 0.717) is 6.04 Å². The van der Waals surface area contributed by atoms with E-state index in [9.17, 15) is 0 Å². The summed E-state index contributed by atoms with van der Waals surface area (Å²) >= 11 is 1.90. The van der Waals surface area contributed by atoms with Crippen LogP contribution in [0, 0.1) is 0 Å². The van der Waals surface area contributed by atoms with Crippen molar-refractivity contribution in [3.63, 3.8) is 0 Å². The van der Waals surface area contributed by atoms with Crippen molar-refractivity contribution >= 4 is 11.8 Å². The maximum absolute atomic E-state index is 6.34. The normalized spacial score (nSPS) is 16.3. The fourth-order valence-corrected chi connectivity index (χ4v) is 2.90. The van der Waals surface area contributed by atoms with Crippen molar-refractivity contribution in [3.8, 4) is 0 Å². The number of nitrogens with two attached hydrogens (primary N) is 1. The van der Waals surface area contributed by atoms with Crippen molar-refractivity contribution in [1.82, 2.24) is 9.88 Å². The minimum absolute atomic E-state index is 0.144. The number of nitrogens with zero attached hydrogens (tertiary/aromatic N) is 2. The van der Waals surface area contributed by atoms with Crippen LogP contribution in [0.15, 0.2) is 24.5 Å². The first-order chi connectivity index (χ1) is 9.11. The molecule has 0 aromatic carbocycles. The molecule has 0 fully saturated rings. The maximum atomic E-state index is 6.34. The van der Waals surface area contributed by atoms with Crippen LogP contribution < -0.4 is 5.73 Å². The zero-order valence-electron chi connectivity index (χ0n) is 12.5. The molecule has 1 rings (SSSR count). The van der Waals surface area contributed by atoms with Gasteiger partial charge in [-0.05, 0) is 50.5 Å². The van der Waals surface area contributed by atoms with Crippen molar-refractivity contribution in [2.45, 2.75) is 44.8 Å². The first kappa shape index (κ1) is 16.5. The molecular weight excluding hydrogens is 254 g/mol. The zero-order chi connectivity index (χ0) is 14.3. The zero-order valence-corrected chi connectivity index (χ0v) is 13.4. The van der Waals surface area contributed by atoms with E-state index in [1.165, 1.54) is 17.7 Å². The SMILES string of the molecule is CCC(N)C(c1cccnc1)N(C)C(C)CCSC. The number of likely N-dealkylation sites (N-methyl/N-ethyl adjacent to an activating group) is 1. The lowest BCUT2D eigenvalue weighted by Gasteiger charge is -2.36. The Morgan fingerprint density at radius 2 is 2.21 bits per heavy atom. The Morgan fingerprint density at radius 1 is 1.47 bits per heavy atom. The van der Waals surface area contributed by atoms with Gasteiger partial charge in [-0.15, -0.1) is 0 Å². The van der Waals surface area contributed by atoms with E-state index in [4.69, 9.17) is 5.73 Å². The minimum atomic E-state index is 0.144. The summed E-state index contributed by atoms with van der Waals surface area (Å²) in [6, 6.07) is 5.03. The Hall–Kier alpha value is -0.580. The van der Waals surface area contributed by atoms with E-state index in [1.54, 1.807) is 0 Å². The fourth-order valence-electron chi connectivity index (χ4n) is 2.32. The molecule has 0 saturated carbocycles. The van der Waals surface area contributed by atoms with Gasteiger partial charge in [0.2, 0.25) is 0 Å². The van der Waals surface area contributed by atoms with Crippen molar-refractivity contribution in [2.24, 2.45) is 5.73 Å². The molecule has 0 aliphatic carbocycles. The molecule has 0 aliphatic rings. The molecule has 2 N–H and O–H groups in total. The summed E-state index contributed by atoms with van der Waals surface area (Å²) in [5, 5.41) is 0. The van der Waals surface area contributed by atoms with Gasteiger partial charge >= 0.3 is 0 Å². The van der Waals surface area contributed by atoms with Crippen LogP contribution in [0.4, 0.5) is 0 Å². The third-order valence-electron chi connectivity index (χ3n) is 3.78. The lowest BCUT2D eigenvalue weighted by molar-refractivity contribution is 0.155. The minimum Gasteiger partial charge on any atom is -0.326 e. The topological polar surface area (TPSA) is 42.1 Å². The molecule has 19 heavy (non-hydrogen) atoms. The Kier molecular flexibility index (Phi) is 7.42. The highest BCUT2D eigenvalue weighted by molar-refractivity contribution is 7.98. The molecule has 0 amide bonds. The van der Waals surface area contributed by atoms with Crippen LogP contribution in [0.2, 0.25) is 0 Å². The third-order valence-corrected chi connectivity index (χ3v) is 4.42. The lowest BCUT2D eigenvalue weighted by Crippen LogP contribution is -2.43. The Balaban J connectivity index is 2.85. The highest BCUT2D eigenvalue weighted by Gasteiger charge is 2.26. The maximum Gasteiger partial charge on any atom is 0.0514 e. The number of hydrogen-bond donors (Lipinski definition) is 1. The molecule has 1 aromatic heterocycles. The van der Waals surface area contributed by atoms with Crippen LogP contribution in [-0.2, 0) is 0 Å². The molecule has 108 valence electrons. The monoisotopic (exact) mass is 281 g/mol. The van der Waals surface area contributed by atoms with Crippen LogP contribution in [0.5, 0.6) is 0 Å². The summed E-state index contributed by atoms with van der Waals surface area (Å²) in [6.45, 7) is 4.43. The van der Waals surface area contributed by atoms with Crippen LogP contribution in [0.25, 0.3) is 0 Å². The fraction of sp³-hybridized carbons (Fsp3) is 0.667. The second-order valence-electron chi connectivity index (χ2n) is 5.10. The molecule has 0 radical (unpaired) electrons. The summed E-state index contributed by atoms with van der Waals surface area (Å²) in [6.07, 6.45) is 8.07. The highest BCUT2D eigenvalue weighted by Crippen LogP contribution is 2.26. The molecule has 1 aromatic rings. The molecule has 3 nitrogen and oxygen atoms in total. The first-order valence-corrected chi connectivity index (χ1v) is 8.37. The summed E-state index contributed by atoms with van der Waals surface area (Å²) in [7, 11) is 2.18. The van der Waals surface area contributed by atoms with Gasteiger partial charge in [0.15, 0.2) is 0 Å². The van der Waals surface area contributed by atoms with Crippen LogP contribution in [0.3, 0.4) is 0 Å². The van der Waals surface area contributed by atoms with E-state index >= 15 is 0 Å².